The Kier molecular flexibility index (Phi) is 5.55. The van der Waals surface area contributed by atoms with Crippen LogP contribution in [-0.4, -0.2) is 29.3 Å². The summed E-state index contributed by atoms with van der Waals surface area (Å²) in [6, 6.07) is 8.71. The highest BCUT2D eigenvalue weighted by Gasteiger charge is 2.34. The summed E-state index contributed by atoms with van der Waals surface area (Å²) < 4.78 is 45.3. The van der Waals surface area contributed by atoms with Crippen molar-refractivity contribution in [2.75, 3.05) is 12.4 Å². The fraction of sp³-hybridized carbons (Fsp3) is 0.105. The van der Waals surface area contributed by atoms with E-state index < -0.39 is 35.1 Å². The standard InChI is InChI=1S/C19H13F3N2O4S/c1-28-18(27)16-14(8-10-29-16)24-9-4-7-13(24)15(25)17(26)23-12-6-3-2-5-11(12)19(20,21)22/h2-10H,1H3,(H,23,26). The van der Waals surface area contributed by atoms with Gasteiger partial charge < -0.3 is 14.6 Å². The summed E-state index contributed by atoms with van der Waals surface area (Å²) in [5.41, 5.74) is -1.39. The van der Waals surface area contributed by atoms with Crippen LogP contribution in [0.15, 0.2) is 54.0 Å². The fourth-order valence-corrected chi connectivity index (χ4v) is 3.45. The number of benzene rings is 1. The van der Waals surface area contributed by atoms with Crippen LogP contribution in [-0.2, 0) is 15.7 Å². The third-order valence-electron chi connectivity index (χ3n) is 3.94. The minimum atomic E-state index is -4.70. The number of hydrogen-bond acceptors (Lipinski definition) is 5. The molecular weight excluding hydrogens is 409 g/mol. The van der Waals surface area contributed by atoms with Gasteiger partial charge in [-0.1, -0.05) is 12.1 Å². The number of para-hydroxylation sites is 1. The zero-order valence-corrected chi connectivity index (χ0v) is 15.6. The molecule has 0 aliphatic heterocycles. The van der Waals surface area contributed by atoms with Crippen molar-refractivity contribution in [1.82, 2.24) is 4.57 Å². The van der Waals surface area contributed by atoms with Crippen LogP contribution in [0.4, 0.5) is 18.9 Å². The Bertz CT molecular complexity index is 1090. The quantitative estimate of drug-likeness (QED) is 0.380. The van der Waals surface area contributed by atoms with E-state index in [1.54, 1.807) is 11.4 Å². The molecule has 0 radical (unpaired) electrons. The minimum Gasteiger partial charge on any atom is -0.465 e. The monoisotopic (exact) mass is 422 g/mol. The van der Waals surface area contributed by atoms with E-state index in [0.717, 1.165) is 23.5 Å². The molecule has 10 heteroatoms. The highest BCUT2D eigenvalue weighted by molar-refractivity contribution is 7.12. The lowest BCUT2D eigenvalue weighted by Gasteiger charge is -2.13. The second-order valence-electron chi connectivity index (χ2n) is 5.72. The van der Waals surface area contributed by atoms with Crippen LogP contribution in [0, 0.1) is 0 Å². The SMILES string of the molecule is COC(=O)c1sccc1-n1cccc1C(=O)C(=O)Nc1ccccc1C(F)(F)F. The average Bonchev–Trinajstić information content (AvgIpc) is 3.35. The van der Waals surface area contributed by atoms with Crippen LogP contribution in [0.5, 0.6) is 0 Å². The van der Waals surface area contributed by atoms with Crippen molar-refractivity contribution in [3.8, 4) is 5.69 Å². The maximum atomic E-state index is 13.1. The van der Waals surface area contributed by atoms with Crippen molar-refractivity contribution in [2.24, 2.45) is 0 Å². The topological polar surface area (TPSA) is 77.4 Å². The van der Waals surface area contributed by atoms with E-state index in [1.807, 2.05) is 5.32 Å². The number of Topliss-reactive ketones (excluding diaryl/α,β-unsaturated/α-hetero) is 1. The van der Waals surface area contributed by atoms with Crippen molar-refractivity contribution in [2.45, 2.75) is 6.18 Å². The first-order chi connectivity index (χ1) is 13.7. The Labute approximate surface area is 166 Å². The molecular formula is C19H13F3N2O4S. The van der Waals surface area contributed by atoms with Gasteiger partial charge in [-0.05, 0) is 35.7 Å². The van der Waals surface area contributed by atoms with Gasteiger partial charge in [0.15, 0.2) is 0 Å². The van der Waals surface area contributed by atoms with Gasteiger partial charge in [0.2, 0.25) is 0 Å². The van der Waals surface area contributed by atoms with Crippen LogP contribution in [0.3, 0.4) is 0 Å². The molecule has 6 nitrogen and oxygen atoms in total. The average molecular weight is 422 g/mol. The highest BCUT2D eigenvalue weighted by Crippen LogP contribution is 2.34. The van der Waals surface area contributed by atoms with Gasteiger partial charge in [0.1, 0.15) is 4.88 Å². The first kappa shape index (κ1) is 20.3. The summed E-state index contributed by atoms with van der Waals surface area (Å²) in [7, 11) is 1.21. The molecule has 0 bridgehead atoms. The predicted octanol–water partition coefficient (Wildman–Crippen LogP) is 4.17. The first-order valence-electron chi connectivity index (χ1n) is 8.09. The van der Waals surface area contributed by atoms with Gasteiger partial charge in [0.25, 0.3) is 11.7 Å². The van der Waals surface area contributed by atoms with Gasteiger partial charge in [-0.25, -0.2) is 4.79 Å². The van der Waals surface area contributed by atoms with Gasteiger partial charge >= 0.3 is 12.1 Å². The van der Waals surface area contributed by atoms with E-state index in [4.69, 9.17) is 4.74 Å². The third-order valence-corrected chi connectivity index (χ3v) is 4.83. The van der Waals surface area contributed by atoms with Gasteiger partial charge in [-0.15, -0.1) is 11.3 Å². The molecule has 1 amide bonds. The number of anilines is 1. The number of ether oxygens (including phenoxy) is 1. The number of hydrogen-bond donors (Lipinski definition) is 1. The zero-order chi connectivity index (χ0) is 21.2. The van der Waals surface area contributed by atoms with Gasteiger partial charge in [-0.3, -0.25) is 9.59 Å². The number of carbonyl (C=O) groups is 3. The first-order valence-corrected chi connectivity index (χ1v) is 8.97. The van der Waals surface area contributed by atoms with E-state index in [1.165, 1.54) is 42.1 Å². The summed E-state index contributed by atoms with van der Waals surface area (Å²) in [4.78, 5) is 37.1. The molecule has 0 aliphatic carbocycles. The smallest absolute Gasteiger partial charge is 0.418 e. The molecule has 0 saturated heterocycles. The molecule has 0 spiro atoms. The molecule has 0 unspecified atom stereocenters. The number of aromatic nitrogens is 1. The molecule has 1 N–H and O–H groups in total. The molecule has 150 valence electrons. The molecule has 1 aromatic carbocycles. The van der Waals surface area contributed by atoms with Crippen molar-refractivity contribution >= 4 is 34.7 Å². The normalized spacial score (nSPS) is 11.2. The number of amides is 1. The maximum absolute atomic E-state index is 13.1. The number of ketones is 1. The molecule has 2 aromatic heterocycles. The number of halogens is 3. The van der Waals surface area contributed by atoms with E-state index in [0.29, 0.717) is 5.69 Å². The number of nitrogens with zero attached hydrogens (tertiary/aromatic N) is 1. The Morgan fingerprint density at radius 2 is 1.79 bits per heavy atom. The Morgan fingerprint density at radius 1 is 1.07 bits per heavy atom. The lowest BCUT2D eigenvalue weighted by molar-refractivity contribution is -0.137. The van der Waals surface area contributed by atoms with Crippen LogP contribution < -0.4 is 5.32 Å². The number of methoxy groups -OCH3 is 1. The number of thiophene rings is 1. The van der Waals surface area contributed by atoms with Crippen molar-refractivity contribution in [3.05, 3.63) is 70.2 Å². The predicted molar refractivity (Wildman–Crippen MR) is 99.4 cm³/mol. The Morgan fingerprint density at radius 3 is 2.48 bits per heavy atom. The van der Waals surface area contributed by atoms with Crippen LogP contribution in [0.2, 0.25) is 0 Å². The zero-order valence-electron chi connectivity index (χ0n) is 14.8. The van der Waals surface area contributed by atoms with Crippen molar-refractivity contribution < 1.29 is 32.3 Å². The molecule has 2 heterocycles. The molecule has 0 atom stereocenters. The maximum Gasteiger partial charge on any atom is 0.418 e. The Balaban J connectivity index is 1.91. The minimum absolute atomic E-state index is 0.115. The lowest BCUT2D eigenvalue weighted by Crippen LogP contribution is -2.26. The van der Waals surface area contributed by atoms with Gasteiger partial charge in [-0.2, -0.15) is 13.2 Å². The second-order valence-corrected chi connectivity index (χ2v) is 6.63. The van der Waals surface area contributed by atoms with E-state index in [2.05, 4.69) is 0 Å². The summed E-state index contributed by atoms with van der Waals surface area (Å²) in [6.07, 6.45) is -3.24. The van der Waals surface area contributed by atoms with E-state index >= 15 is 0 Å². The summed E-state index contributed by atoms with van der Waals surface area (Å²) in [6.45, 7) is 0. The van der Waals surface area contributed by atoms with Crippen LogP contribution in [0.1, 0.15) is 25.7 Å². The summed E-state index contributed by atoms with van der Waals surface area (Å²) >= 11 is 1.08. The van der Waals surface area contributed by atoms with Crippen LogP contribution >= 0.6 is 11.3 Å². The third kappa shape index (κ3) is 4.06. The number of alkyl halides is 3. The van der Waals surface area contributed by atoms with Crippen molar-refractivity contribution in [1.29, 1.82) is 0 Å². The Hall–Kier alpha value is -3.40. The van der Waals surface area contributed by atoms with Crippen molar-refractivity contribution in [3.63, 3.8) is 0 Å². The number of carbonyl (C=O) groups excluding carboxylic acids is 3. The molecule has 3 aromatic rings. The summed E-state index contributed by atoms with van der Waals surface area (Å²) in [5, 5.41) is 3.62. The molecule has 0 saturated carbocycles. The lowest BCUT2D eigenvalue weighted by atomic mass is 10.1. The van der Waals surface area contributed by atoms with E-state index in [-0.39, 0.29) is 10.6 Å². The van der Waals surface area contributed by atoms with E-state index in [9.17, 15) is 27.6 Å². The fourth-order valence-electron chi connectivity index (χ4n) is 2.65. The second kappa shape index (κ2) is 7.92. The largest absolute Gasteiger partial charge is 0.465 e. The highest BCUT2D eigenvalue weighted by atomic mass is 32.1. The molecule has 3 rings (SSSR count). The number of esters is 1. The van der Waals surface area contributed by atoms with Gasteiger partial charge in [0.05, 0.1) is 29.7 Å². The number of nitrogens with one attached hydrogen (secondary N) is 1. The molecule has 29 heavy (non-hydrogen) atoms. The summed E-state index contributed by atoms with van der Waals surface area (Å²) in [5.74, 6) is -2.92. The molecule has 0 fully saturated rings. The van der Waals surface area contributed by atoms with Crippen LogP contribution in [0.25, 0.3) is 5.69 Å². The number of rotatable bonds is 5. The van der Waals surface area contributed by atoms with Gasteiger partial charge in [0, 0.05) is 6.20 Å². The molecule has 0 aliphatic rings.